The molecular formula is C10H16N2O. The SMILES string of the molecule is CCCc1cn2c(n1)CC(O)CC2. The van der Waals surface area contributed by atoms with Crippen molar-refractivity contribution in [2.24, 2.45) is 0 Å². The van der Waals surface area contributed by atoms with Crippen molar-refractivity contribution >= 4 is 0 Å². The molecule has 3 heteroatoms. The topological polar surface area (TPSA) is 38.0 Å². The first kappa shape index (κ1) is 8.75. The molecule has 0 aliphatic carbocycles. The minimum absolute atomic E-state index is 0.177. The van der Waals surface area contributed by atoms with E-state index in [1.807, 2.05) is 0 Å². The van der Waals surface area contributed by atoms with Crippen LogP contribution in [0.5, 0.6) is 0 Å². The van der Waals surface area contributed by atoms with E-state index >= 15 is 0 Å². The number of aryl methyl sites for hydroxylation is 2. The van der Waals surface area contributed by atoms with Gasteiger partial charge in [0, 0.05) is 19.2 Å². The molecule has 0 bridgehead atoms. The van der Waals surface area contributed by atoms with Gasteiger partial charge < -0.3 is 9.67 Å². The van der Waals surface area contributed by atoms with Crippen molar-refractivity contribution in [3.63, 3.8) is 0 Å². The molecular weight excluding hydrogens is 164 g/mol. The van der Waals surface area contributed by atoms with Gasteiger partial charge in [-0.1, -0.05) is 13.3 Å². The van der Waals surface area contributed by atoms with E-state index in [1.54, 1.807) is 0 Å². The largest absolute Gasteiger partial charge is 0.393 e. The van der Waals surface area contributed by atoms with Crippen LogP contribution in [0.1, 0.15) is 31.3 Å². The maximum atomic E-state index is 9.44. The van der Waals surface area contributed by atoms with Crippen molar-refractivity contribution in [3.05, 3.63) is 17.7 Å². The van der Waals surface area contributed by atoms with Crippen molar-refractivity contribution in [2.45, 2.75) is 45.3 Å². The molecule has 0 saturated carbocycles. The van der Waals surface area contributed by atoms with Crippen LogP contribution in [0.3, 0.4) is 0 Å². The highest BCUT2D eigenvalue weighted by Crippen LogP contribution is 2.15. The fourth-order valence-corrected chi connectivity index (χ4v) is 1.85. The summed E-state index contributed by atoms with van der Waals surface area (Å²) in [6.45, 7) is 3.08. The molecule has 2 rings (SSSR count). The van der Waals surface area contributed by atoms with Gasteiger partial charge in [0.2, 0.25) is 0 Å². The van der Waals surface area contributed by atoms with Gasteiger partial charge >= 0.3 is 0 Å². The third-order valence-corrected chi connectivity index (χ3v) is 2.54. The summed E-state index contributed by atoms with van der Waals surface area (Å²) in [4.78, 5) is 4.49. The molecule has 13 heavy (non-hydrogen) atoms. The van der Waals surface area contributed by atoms with Gasteiger partial charge in [0.15, 0.2) is 0 Å². The minimum atomic E-state index is -0.177. The Morgan fingerprint density at radius 2 is 2.54 bits per heavy atom. The number of hydrogen-bond donors (Lipinski definition) is 1. The predicted octanol–water partition coefficient (Wildman–Crippen LogP) is 1.14. The molecule has 1 N–H and O–H groups in total. The van der Waals surface area contributed by atoms with Crippen molar-refractivity contribution in [1.29, 1.82) is 0 Å². The summed E-state index contributed by atoms with van der Waals surface area (Å²) in [6, 6.07) is 0. The average Bonchev–Trinajstić information content (AvgIpc) is 2.46. The minimum Gasteiger partial charge on any atom is -0.393 e. The molecule has 0 amide bonds. The highest BCUT2D eigenvalue weighted by Gasteiger charge is 2.17. The highest BCUT2D eigenvalue weighted by atomic mass is 16.3. The first-order valence-electron chi connectivity index (χ1n) is 5.02. The van der Waals surface area contributed by atoms with Crippen LogP contribution in [0.2, 0.25) is 0 Å². The lowest BCUT2D eigenvalue weighted by molar-refractivity contribution is 0.141. The monoisotopic (exact) mass is 180 g/mol. The van der Waals surface area contributed by atoms with Crippen LogP contribution in [0, 0.1) is 0 Å². The first-order valence-corrected chi connectivity index (χ1v) is 5.02. The summed E-state index contributed by atoms with van der Waals surface area (Å²) in [7, 11) is 0. The van der Waals surface area contributed by atoms with Crippen molar-refractivity contribution in [3.8, 4) is 0 Å². The standard InChI is InChI=1S/C10H16N2O/c1-2-3-8-7-12-5-4-9(13)6-10(12)11-8/h7,9,13H,2-6H2,1H3. The summed E-state index contributed by atoms with van der Waals surface area (Å²) in [5.41, 5.74) is 1.17. The Labute approximate surface area is 78.4 Å². The van der Waals surface area contributed by atoms with Crippen LogP contribution in [0.15, 0.2) is 6.20 Å². The number of fused-ring (bicyclic) bond motifs is 1. The number of hydrogen-bond acceptors (Lipinski definition) is 2. The molecule has 1 atom stereocenters. The molecule has 72 valence electrons. The lowest BCUT2D eigenvalue weighted by Crippen LogP contribution is -2.22. The van der Waals surface area contributed by atoms with Crippen molar-refractivity contribution in [2.75, 3.05) is 0 Å². The van der Waals surface area contributed by atoms with Crippen LogP contribution in [0.25, 0.3) is 0 Å². The van der Waals surface area contributed by atoms with Gasteiger partial charge in [-0.05, 0) is 12.8 Å². The Bertz CT molecular complexity index is 293. The van der Waals surface area contributed by atoms with E-state index in [9.17, 15) is 5.11 Å². The Kier molecular flexibility index (Phi) is 2.36. The summed E-state index contributed by atoms with van der Waals surface area (Å²) in [6.07, 6.45) is 5.74. The van der Waals surface area contributed by atoms with E-state index in [0.717, 1.165) is 38.1 Å². The fraction of sp³-hybridized carbons (Fsp3) is 0.700. The van der Waals surface area contributed by atoms with Gasteiger partial charge in [-0.15, -0.1) is 0 Å². The van der Waals surface area contributed by atoms with Crippen molar-refractivity contribution < 1.29 is 5.11 Å². The lowest BCUT2D eigenvalue weighted by Gasteiger charge is -2.18. The number of aliphatic hydroxyl groups excluding tert-OH is 1. The third kappa shape index (κ3) is 1.75. The number of aliphatic hydroxyl groups is 1. The van der Waals surface area contributed by atoms with Crippen LogP contribution in [-0.4, -0.2) is 20.8 Å². The number of nitrogens with zero attached hydrogens (tertiary/aromatic N) is 2. The smallest absolute Gasteiger partial charge is 0.111 e. The normalized spacial score (nSPS) is 21.5. The molecule has 1 aromatic rings. The summed E-state index contributed by atoms with van der Waals surface area (Å²) in [5.74, 6) is 1.06. The molecule has 1 aliphatic heterocycles. The molecule has 2 heterocycles. The van der Waals surface area contributed by atoms with Gasteiger partial charge in [0.25, 0.3) is 0 Å². The quantitative estimate of drug-likeness (QED) is 0.741. The van der Waals surface area contributed by atoms with Gasteiger partial charge in [-0.25, -0.2) is 4.98 Å². The van der Waals surface area contributed by atoms with E-state index in [2.05, 4.69) is 22.7 Å². The Morgan fingerprint density at radius 3 is 3.31 bits per heavy atom. The molecule has 1 unspecified atom stereocenters. The Balaban J connectivity index is 2.18. The summed E-state index contributed by atoms with van der Waals surface area (Å²) in [5, 5.41) is 9.44. The number of imidazole rings is 1. The Hall–Kier alpha value is -0.830. The maximum absolute atomic E-state index is 9.44. The van der Waals surface area contributed by atoms with Crippen LogP contribution < -0.4 is 0 Å². The summed E-state index contributed by atoms with van der Waals surface area (Å²) >= 11 is 0. The lowest BCUT2D eigenvalue weighted by atomic mass is 10.1. The molecule has 0 spiro atoms. The van der Waals surface area contributed by atoms with E-state index in [-0.39, 0.29) is 6.10 Å². The second-order valence-corrected chi connectivity index (χ2v) is 3.74. The van der Waals surface area contributed by atoms with Crippen LogP contribution in [0.4, 0.5) is 0 Å². The molecule has 1 aliphatic rings. The average molecular weight is 180 g/mol. The zero-order valence-electron chi connectivity index (χ0n) is 8.03. The zero-order valence-corrected chi connectivity index (χ0v) is 8.03. The molecule has 0 saturated heterocycles. The fourth-order valence-electron chi connectivity index (χ4n) is 1.85. The first-order chi connectivity index (χ1) is 6.29. The maximum Gasteiger partial charge on any atom is 0.111 e. The number of rotatable bonds is 2. The zero-order chi connectivity index (χ0) is 9.26. The molecule has 1 aromatic heterocycles. The second kappa shape index (κ2) is 3.50. The van der Waals surface area contributed by atoms with E-state index in [4.69, 9.17) is 0 Å². The van der Waals surface area contributed by atoms with Gasteiger partial charge in [-0.2, -0.15) is 0 Å². The number of aromatic nitrogens is 2. The molecule has 0 radical (unpaired) electrons. The van der Waals surface area contributed by atoms with Gasteiger partial charge in [-0.3, -0.25) is 0 Å². The molecule has 3 nitrogen and oxygen atoms in total. The third-order valence-electron chi connectivity index (χ3n) is 2.54. The van der Waals surface area contributed by atoms with E-state index < -0.39 is 0 Å². The van der Waals surface area contributed by atoms with Gasteiger partial charge in [0.1, 0.15) is 5.82 Å². The molecule has 0 aromatic carbocycles. The highest BCUT2D eigenvalue weighted by molar-refractivity contribution is 5.07. The van der Waals surface area contributed by atoms with E-state index in [1.165, 1.54) is 5.69 Å². The predicted molar refractivity (Wildman–Crippen MR) is 50.5 cm³/mol. The summed E-state index contributed by atoms with van der Waals surface area (Å²) < 4.78 is 2.18. The Morgan fingerprint density at radius 1 is 1.69 bits per heavy atom. The second-order valence-electron chi connectivity index (χ2n) is 3.74. The van der Waals surface area contributed by atoms with E-state index in [0.29, 0.717) is 0 Å². The van der Waals surface area contributed by atoms with Crippen LogP contribution in [-0.2, 0) is 19.4 Å². The van der Waals surface area contributed by atoms with Gasteiger partial charge in [0.05, 0.1) is 11.8 Å². The van der Waals surface area contributed by atoms with Crippen molar-refractivity contribution in [1.82, 2.24) is 9.55 Å². The van der Waals surface area contributed by atoms with Crippen LogP contribution >= 0.6 is 0 Å². The molecule has 0 fully saturated rings.